The van der Waals surface area contributed by atoms with Crippen molar-refractivity contribution in [3.8, 4) is 0 Å². The number of nitrogens with one attached hydrogen (secondary N) is 1. The van der Waals surface area contributed by atoms with Crippen molar-refractivity contribution >= 4 is 0 Å². The van der Waals surface area contributed by atoms with Crippen molar-refractivity contribution in [1.82, 2.24) is 5.32 Å². The fourth-order valence-corrected chi connectivity index (χ4v) is 2.75. The molecule has 1 nitrogen and oxygen atoms in total. The average molecular weight is 296 g/mol. The highest BCUT2D eigenvalue weighted by atomic mass is 14.8. The monoisotopic (exact) mass is 295 g/mol. The molecule has 0 heterocycles. The van der Waals surface area contributed by atoms with E-state index < -0.39 is 0 Å². The molecule has 0 radical (unpaired) electrons. The molecule has 126 valence electrons. The molecule has 0 aliphatic rings. The van der Waals surface area contributed by atoms with Crippen LogP contribution in [0, 0.1) is 0 Å². The summed E-state index contributed by atoms with van der Waals surface area (Å²) in [5.74, 6) is 0. The Balaban J connectivity index is 2.91. The van der Waals surface area contributed by atoms with Gasteiger partial charge in [-0.2, -0.15) is 0 Å². The minimum absolute atomic E-state index is 1.20. The maximum atomic E-state index is 3.76. The lowest BCUT2D eigenvalue weighted by Crippen LogP contribution is -2.16. The van der Waals surface area contributed by atoms with Crippen molar-refractivity contribution in [2.24, 2.45) is 0 Å². The van der Waals surface area contributed by atoms with Crippen LogP contribution < -0.4 is 5.32 Å². The second-order valence-corrected chi connectivity index (χ2v) is 6.42. The summed E-state index contributed by atoms with van der Waals surface area (Å²) >= 11 is 0. The van der Waals surface area contributed by atoms with Gasteiger partial charge in [0.05, 0.1) is 0 Å². The Morgan fingerprint density at radius 1 is 0.619 bits per heavy atom. The molecule has 1 N–H and O–H groups in total. The second-order valence-electron chi connectivity index (χ2n) is 6.42. The first-order chi connectivity index (χ1) is 10.4. The normalized spacial score (nSPS) is 10.9. The van der Waals surface area contributed by atoms with E-state index in [1.165, 1.54) is 109 Å². The summed E-state index contributed by atoms with van der Waals surface area (Å²) in [6, 6.07) is 0. The van der Waals surface area contributed by atoms with Crippen LogP contribution in [0.5, 0.6) is 0 Å². The minimum Gasteiger partial charge on any atom is -0.317 e. The van der Waals surface area contributed by atoms with Gasteiger partial charge in [0.25, 0.3) is 0 Å². The SMILES string of the molecule is C=CCCCCCCCCCNCCCCCCCCC. The highest BCUT2D eigenvalue weighted by molar-refractivity contribution is 4.65. The minimum atomic E-state index is 1.20. The van der Waals surface area contributed by atoms with E-state index in [0.717, 1.165) is 0 Å². The Morgan fingerprint density at radius 3 is 1.52 bits per heavy atom. The predicted molar refractivity (Wildman–Crippen MR) is 98.0 cm³/mol. The fraction of sp³-hybridized carbons (Fsp3) is 0.900. The molecule has 0 aliphatic heterocycles. The van der Waals surface area contributed by atoms with Gasteiger partial charge in [0, 0.05) is 0 Å². The summed E-state index contributed by atoms with van der Waals surface area (Å²) in [6.45, 7) is 8.51. The van der Waals surface area contributed by atoms with Crippen LogP contribution in [0.4, 0.5) is 0 Å². The third-order valence-corrected chi connectivity index (χ3v) is 4.22. The van der Waals surface area contributed by atoms with Gasteiger partial charge in [-0.3, -0.25) is 0 Å². The first-order valence-electron chi connectivity index (χ1n) is 9.73. The first-order valence-corrected chi connectivity index (χ1v) is 9.73. The van der Waals surface area contributed by atoms with E-state index in [9.17, 15) is 0 Å². The van der Waals surface area contributed by atoms with Gasteiger partial charge in [-0.15, -0.1) is 6.58 Å². The Bertz CT molecular complexity index is 188. The smallest absolute Gasteiger partial charge is 0.00489 e. The van der Waals surface area contributed by atoms with Crippen molar-refractivity contribution in [2.45, 2.75) is 103 Å². The topological polar surface area (TPSA) is 12.0 Å². The fourth-order valence-electron chi connectivity index (χ4n) is 2.75. The quantitative estimate of drug-likeness (QED) is 0.221. The molecule has 0 rings (SSSR count). The van der Waals surface area contributed by atoms with Gasteiger partial charge < -0.3 is 5.32 Å². The Labute approximate surface area is 135 Å². The van der Waals surface area contributed by atoms with Crippen molar-refractivity contribution in [3.05, 3.63) is 12.7 Å². The largest absolute Gasteiger partial charge is 0.317 e. The molecule has 0 unspecified atom stereocenters. The molecule has 0 atom stereocenters. The predicted octanol–water partition coefficient (Wildman–Crippen LogP) is 6.63. The number of rotatable bonds is 18. The zero-order valence-corrected chi connectivity index (χ0v) is 14.8. The van der Waals surface area contributed by atoms with Crippen LogP contribution in [0.3, 0.4) is 0 Å². The number of hydrogen-bond acceptors (Lipinski definition) is 1. The van der Waals surface area contributed by atoms with Crippen molar-refractivity contribution in [1.29, 1.82) is 0 Å². The zero-order valence-electron chi connectivity index (χ0n) is 14.8. The van der Waals surface area contributed by atoms with E-state index in [4.69, 9.17) is 0 Å². The zero-order chi connectivity index (χ0) is 15.4. The van der Waals surface area contributed by atoms with E-state index in [1.807, 2.05) is 6.08 Å². The molecule has 0 aromatic carbocycles. The summed E-state index contributed by atoms with van der Waals surface area (Å²) < 4.78 is 0. The van der Waals surface area contributed by atoms with Crippen LogP contribution in [-0.2, 0) is 0 Å². The van der Waals surface area contributed by atoms with Gasteiger partial charge in [0.2, 0.25) is 0 Å². The van der Waals surface area contributed by atoms with Crippen molar-refractivity contribution in [3.63, 3.8) is 0 Å². The number of unbranched alkanes of at least 4 members (excludes halogenated alkanes) is 13. The van der Waals surface area contributed by atoms with Crippen LogP contribution in [0.1, 0.15) is 103 Å². The maximum absolute atomic E-state index is 3.76. The molecule has 0 aliphatic carbocycles. The second kappa shape index (κ2) is 19.7. The van der Waals surface area contributed by atoms with Crippen molar-refractivity contribution < 1.29 is 0 Å². The van der Waals surface area contributed by atoms with Crippen molar-refractivity contribution in [2.75, 3.05) is 13.1 Å². The van der Waals surface area contributed by atoms with E-state index in [0.29, 0.717) is 0 Å². The number of allylic oxidation sites excluding steroid dienone is 1. The summed E-state index contributed by atoms with van der Waals surface area (Å²) in [5.41, 5.74) is 0. The molecule has 0 amide bonds. The Morgan fingerprint density at radius 2 is 1.05 bits per heavy atom. The lowest BCUT2D eigenvalue weighted by atomic mass is 10.1. The molecular weight excluding hydrogens is 254 g/mol. The molecule has 0 aromatic heterocycles. The van der Waals surface area contributed by atoms with E-state index in [-0.39, 0.29) is 0 Å². The summed E-state index contributed by atoms with van der Waals surface area (Å²) in [7, 11) is 0. The molecule has 0 aromatic rings. The summed E-state index contributed by atoms with van der Waals surface area (Å²) in [6.07, 6.45) is 22.9. The van der Waals surface area contributed by atoms with Gasteiger partial charge in [0.1, 0.15) is 0 Å². The van der Waals surface area contributed by atoms with Crippen LogP contribution >= 0.6 is 0 Å². The van der Waals surface area contributed by atoms with E-state index >= 15 is 0 Å². The van der Waals surface area contributed by atoms with Crippen LogP contribution in [0.25, 0.3) is 0 Å². The lowest BCUT2D eigenvalue weighted by molar-refractivity contribution is 0.535. The average Bonchev–Trinajstić information content (AvgIpc) is 2.50. The highest BCUT2D eigenvalue weighted by Gasteiger charge is 1.93. The third kappa shape index (κ3) is 19.7. The van der Waals surface area contributed by atoms with Gasteiger partial charge in [-0.05, 0) is 38.8 Å². The molecule has 0 bridgehead atoms. The molecule has 21 heavy (non-hydrogen) atoms. The van der Waals surface area contributed by atoms with E-state index in [2.05, 4.69) is 18.8 Å². The lowest BCUT2D eigenvalue weighted by Gasteiger charge is -2.05. The van der Waals surface area contributed by atoms with Gasteiger partial charge in [-0.1, -0.05) is 83.6 Å². The van der Waals surface area contributed by atoms with Gasteiger partial charge in [-0.25, -0.2) is 0 Å². The highest BCUT2D eigenvalue weighted by Crippen LogP contribution is 2.08. The maximum Gasteiger partial charge on any atom is -0.00489 e. The molecular formula is C20H41N. The third-order valence-electron chi connectivity index (χ3n) is 4.22. The molecule has 0 saturated heterocycles. The standard InChI is InChI=1S/C20H41N/c1-3-5-7-9-11-12-14-16-18-20-21-19-17-15-13-10-8-6-4-2/h3,21H,1,4-20H2,2H3. The Kier molecular flexibility index (Phi) is 19.4. The van der Waals surface area contributed by atoms with Gasteiger partial charge >= 0.3 is 0 Å². The first kappa shape index (κ1) is 20.7. The Hall–Kier alpha value is -0.300. The van der Waals surface area contributed by atoms with Crippen LogP contribution in [-0.4, -0.2) is 13.1 Å². The summed E-state index contributed by atoms with van der Waals surface area (Å²) in [5, 5.41) is 3.60. The molecule has 0 saturated carbocycles. The van der Waals surface area contributed by atoms with E-state index in [1.54, 1.807) is 0 Å². The molecule has 1 heteroatoms. The van der Waals surface area contributed by atoms with Crippen LogP contribution in [0.15, 0.2) is 12.7 Å². The summed E-state index contributed by atoms with van der Waals surface area (Å²) in [4.78, 5) is 0. The van der Waals surface area contributed by atoms with Gasteiger partial charge in [0.15, 0.2) is 0 Å². The number of hydrogen-bond donors (Lipinski definition) is 1. The van der Waals surface area contributed by atoms with Crippen LogP contribution in [0.2, 0.25) is 0 Å². The molecule has 0 fully saturated rings. The molecule has 0 spiro atoms.